The fourth-order valence-corrected chi connectivity index (χ4v) is 2.06. The lowest BCUT2D eigenvalue weighted by Gasteiger charge is -2.23. The van der Waals surface area contributed by atoms with Gasteiger partial charge in [0.05, 0.1) is 12.6 Å². The number of nitrogens with two attached hydrogens (primary N) is 1. The van der Waals surface area contributed by atoms with Crippen molar-refractivity contribution in [2.24, 2.45) is 5.73 Å². The lowest BCUT2D eigenvalue weighted by molar-refractivity contribution is 0.0496. The highest BCUT2D eigenvalue weighted by Crippen LogP contribution is 2.32. The Morgan fingerprint density at radius 3 is 2.59 bits per heavy atom. The van der Waals surface area contributed by atoms with Crippen LogP contribution in [0.5, 0.6) is 0 Å². The van der Waals surface area contributed by atoms with Crippen LogP contribution in [0.1, 0.15) is 22.0 Å². The van der Waals surface area contributed by atoms with Crippen molar-refractivity contribution in [3.63, 3.8) is 0 Å². The molecule has 17 heavy (non-hydrogen) atoms. The van der Waals surface area contributed by atoms with Gasteiger partial charge in [0.15, 0.2) is 0 Å². The van der Waals surface area contributed by atoms with E-state index in [4.69, 9.17) is 5.73 Å². The number of hydrogen-bond donors (Lipinski definition) is 1. The summed E-state index contributed by atoms with van der Waals surface area (Å²) >= 11 is 0. The van der Waals surface area contributed by atoms with Crippen molar-refractivity contribution in [1.29, 1.82) is 0 Å². The van der Waals surface area contributed by atoms with Gasteiger partial charge in [0, 0.05) is 12.1 Å². The summed E-state index contributed by atoms with van der Waals surface area (Å²) in [5.41, 5.74) is 6.77. The molecule has 1 aliphatic heterocycles. The summed E-state index contributed by atoms with van der Waals surface area (Å²) in [7, 11) is 0. The molecule has 0 aliphatic carbocycles. The molecule has 94 valence electrons. The molecule has 0 aromatic heterocycles. The van der Waals surface area contributed by atoms with Crippen LogP contribution >= 0.6 is 12.4 Å². The number of hydrogen-bond acceptors (Lipinski definition) is 2. The van der Waals surface area contributed by atoms with Crippen molar-refractivity contribution in [2.75, 3.05) is 13.1 Å². The van der Waals surface area contributed by atoms with E-state index in [-0.39, 0.29) is 24.9 Å². The summed E-state index contributed by atoms with van der Waals surface area (Å²) in [6.45, 7) is -0.398. The lowest BCUT2D eigenvalue weighted by atomic mass is 10.1. The second kappa shape index (κ2) is 5.42. The first-order chi connectivity index (χ1) is 7.65. The average molecular weight is 263 g/mol. The largest absolute Gasteiger partial charge is 0.328 e. The normalized spacial score (nSPS) is 18.2. The van der Waals surface area contributed by atoms with Crippen LogP contribution in [0.4, 0.5) is 8.78 Å². The summed E-state index contributed by atoms with van der Waals surface area (Å²) in [5, 5.41) is 0. The number of amides is 1. The molecule has 1 unspecified atom stereocenters. The fraction of sp³-hybridized carbons (Fsp3) is 0.364. The highest BCUT2D eigenvalue weighted by Gasteiger charge is 2.36. The lowest BCUT2D eigenvalue weighted by Crippen LogP contribution is -2.35. The number of fused-ring (bicyclic) bond motifs is 1. The van der Waals surface area contributed by atoms with Crippen molar-refractivity contribution < 1.29 is 13.6 Å². The molecule has 0 fully saturated rings. The van der Waals surface area contributed by atoms with E-state index in [1.165, 1.54) is 0 Å². The quantitative estimate of drug-likeness (QED) is 0.903. The van der Waals surface area contributed by atoms with E-state index >= 15 is 0 Å². The van der Waals surface area contributed by atoms with E-state index in [9.17, 15) is 13.6 Å². The van der Waals surface area contributed by atoms with Gasteiger partial charge in [0.1, 0.15) is 0 Å². The highest BCUT2D eigenvalue weighted by molar-refractivity contribution is 5.99. The molecule has 0 bridgehead atoms. The van der Waals surface area contributed by atoms with Gasteiger partial charge >= 0.3 is 0 Å². The van der Waals surface area contributed by atoms with Crippen molar-refractivity contribution in [3.05, 3.63) is 35.4 Å². The number of carbonyl (C=O) groups excluding carboxylic acids is 1. The summed E-state index contributed by atoms with van der Waals surface area (Å²) in [6.07, 6.45) is -2.53. The van der Waals surface area contributed by atoms with E-state index in [0.717, 1.165) is 10.5 Å². The fourth-order valence-electron chi connectivity index (χ4n) is 2.06. The molecule has 6 heteroatoms. The van der Waals surface area contributed by atoms with Crippen molar-refractivity contribution >= 4 is 18.3 Å². The van der Waals surface area contributed by atoms with Crippen LogP contribution in [0.2, 0.25) is 0 Å². The molecule has 2 rings (SSSR count). The third kappa shape index (κ3) is 2.40. The first-order valence-electron chi connectivity index (χ1n) is 5.03. The first kappa shape index (κ1) is 13.9. The molecular formula is C11H13ClF2N2O. The Bertz CT molecular complexity index is 414. The topological polar surface area (TPSA) is 46.3 Å². The zero-order valence-electron chi connectivity index (χ0n) is 8.98. The zero-order chi connectivity index (χ0) is 11.7. The van der Waals surface area contributed by atoms with Crippen LogP contribution in [0.3, 0.4) is 0 Å². The number of alkyl halides is 2. The predicted molar refractivity (Wildman–Crippen MR) is 62.5 cm³/mol. The molecule has 3 nitrogen and oxygen atoms in total. The predicted octanol–water partition coefficient (Wildman–Crippen LogP) is 1.83. The van der Waals surface area contributed by atoms with Crippen LogP contribution < -0.4 is 5.73 Å². The van der Waals surface area contributed by atoms with E-state index in [1.54, 1.807) is 24.3 Å². The minimum atomic E-state index is -2.53. The smallest absolute Gasteiger partial charge is 0.255 e. The van der Waals surface area contributed by atoms with Crippen LogP contribution in [0.15, 0.2) is 24.3 Å². The van der Waals surface area contributed by atoms with Crippen LogP contribution in [0, 0.1) is 0 Å². The molecule has 0 radical (unpaired) electrons. The highest BCUT2D eigenvalue weighted by atomic mass is 35.5. The van der Waals surface area contributed by atoms with Gasteiger partial charge in [0.2, 0.25) is 0 Å². The van der Waals surface area contributed by atoms with Crippen molar-refractivity contribution in [1.82, 2.24) is 4.90 Å². The van der Waals surface area contributed by atoms with E-state index in [0.29, 0.717) is 5.56 Å². The summed E-state index contributed by atoms with van der Waals surface area (Å²) in [6, 6.07) is 6.48. The molecule has 1 heterocycles. The maximum Gasteiger partial charge on any atom is 0.255 e. The summed E-state index contributed by atoms with van der Waals surface area (Å²) in [5.74, 6) is -0.355. The monoisotopic (exact) mass is 262 g/mol. The van der Waals surface area contributed by atoms with Crippen LogP contribution in [0.25, 0.3) is 0 Å². The number of carbonyl (C=O) groups is 1. The van der Waals surface area contributed by atoms with Gasteiger partial charge < -0.3 is 10.6 Å². The Morgan fingerprint density at radius 2 is 2.00 bits per heavy atom. The minimum absolute atomic E-state index is 0. The van der Waals surface area contributed by atoms with Gasteiger partial charge in [-0.15, -0.1) is 12.4 Å². The Labute approximate surface area is 104 Å². The first-order valence-corrected chi connectivity index (χ1v) is 5.03. The number of rotatable bonds is 3. The average Bonchev–Trinajstić information content (AvgIpc) is 2.52. The second-order valence-electron chi connectivity index (χ2n) is 3.69. The van der Waals surface area contributed by atoms with Gasteiger partial charge in [-0.05, 0) is 11.6 Å². The van der Waals surface area contributed by atoms with Crippen LogP contribution in [-0.2, 0) is 0 Å². The molecule has 0 spiro atoms. The third-order valence-electron chi connectivity index (χ3n) is 2.75. The van der Waals surface area contributed by atoms with E-state index in [2.05, 4.69) is 0 Å². The summed E-state index contributed by atoms with van der Waals surface area (Å²) in [4.78, 5) is 13.0. The Balaban J connectivity index is 0.00000144. The molecule has 2 N–H and O–H groups in total. The molecule has 1 amide bonds. The Morgan fingerprint density at radius 1 is 1.35 bits per heavy atom. The zero-order valence-corrected chi connectivity index (χ0v) is 9.79. The van der Waals surface area contributed by atoms with E-state index < -0.39 is 19.0 Å². The van der Waals surface area contributed by atoms with Gasteiger partial charge in [-0.3, -0.25) is 4.79 Å². The molecule has 1 atom stereocenters. The SMILES string of the molecule is Cl.NCC1c2ccccc2C(=O)N1CC(F)F. The molecule has 0 saturated carbocycles. The number of halogens is 3. The Hall–Kier alpha value is -1.20. The molecule has 1 aromatic carbocycles. The summed E-state index contributed by atoms with van der Waals surface area (Å²) < 4.78 is 24.7. The molecule has 1 aliphatic rings. The second-order valence-corrected chi connectivity index (χ2v) is 3.69. The standard InChI is InChI=1S/C11H12F2N2O.ClH/c12-10(13)6-15-9(5-14)7-3-1-2-4-8(7)11(15)16;/h1-4,9-10H,5-6,14H2;1H. The van der Waals surface area contributed by atoms with E-state index in [1.807, 2.05) is 0 Å². The molecule has 1 aromatic rings. The van der Waals surface area contributed by atoms with Gasteiger partial charge in [0.25, 0.3) is 12.3 Å². The van der Waals surface area contributed by atoms with Gasteiger partial charge in [-0.2, -0.15) is 0 Å². The van der Waals surface area contributed by atoms with Gasteiger partial charge in [-0.25, -0.2) is 8.78 Å². The molecular weight excluding hydrogens is 250 g/mol. The minimum Gasteiger partial charge on any atom is -0.328 e. The number of benzene rings is 1. The Kier molecular flexibility index (Phi) is 4.42. The number of nitrogens with zero attached hydrogens (tertiary/aromatic N) is 1. The third-order valence-corrected chi connectivity index (χ3v) is 2.75. The van der Waals surface area contributed by atoms with Gasteiger partial charge in [-0.1, -0.05) is 18.2 Å². The van der Waals surface area contributed by atoms with Crippen molar-refractivity contribution in [3.8, 4) is 0 Å². The van der Waals surface area contributed by atoms with Crippen LogP contribution in [-0.4, -0.2) is 30.3 Å². The maximum atomic E-state index is 12.4. The molecule has 0 saturated heterocycles. The van der Waals surface area contributed by atoms with Crippen molar-refractivity contribution in [2.45, 2.75) is 12.5 Å². The maximum absolute atomic E-state index is 12.4.